The van der Waals surface area contributed by atoms with Crippen LogP contribution in [0, 0.1) is 0 Å². The first-order chi connectivity index (χ1) is 9.80. The second-order valence-corrected chi connectivity index (χ2v) is 7.34. The van der Waals surface area contributed by atoms with E-state index in [1.54, 1.807) is 0 Å². The van der Waals surface area contributed by atoms with Crippen LogP contribution in [0.1, 0.15) is 23.2 Å². The number of sulfone groups is 1. The molecule has 1 amide bonds. The molecule has 0 unspecified atom stereocenters. The van der Waals surface area contributed by atoms with Gasteiger partial charge < -0.3 is 15.2 Å². The third kappa shape index (κ3) is 4.26. The van der Waals surface area contributed by atoms with Crippen molar-refractivity contribution in [3.63, 3.8) is 0 Å². The highest BCUT2D eigenvalue weighted by molar-refractivity contribution is 7.90. The predicted molar refractivity (Wildman–Crippen MR) is 76.9 cm³/mol. The van der Waals surface area contributed by atoms with E-state index in [0.29, 0.717) is 26.1 Å². The van der Waals surface area contributed by atoms with Gasteiger partial charge in [0.05, 0.1) is 10.5 Å². The Morgan fingerprint density at radius 1 is 1.38 bits per heavy atom. The molecule has 2 rings (SSSR count). The van der Waals surface area contributed by atoms with Gasteiger partial charge in [0.25, 0.3) is 5.91 Å². The maximum absolute atomic E-state index is 12.1. The van der Waals surface area contributed by atoms with Crippen LogP contribution in [-0.2, 0) is 14.6 Å². The Bertz CT molecular complexity index is 620. The monoisotopic (exact) mass is 313 g/mol. The minimum Gasteiger partial charge on any atom is -0.388 e. The molecule has 1 aromatic carbocycles. The average molecular weight is 313 g/mol. The minimum atomic E-state index is -3.35. The fourth-order valence-corrected chi connectivity index (χ4v) is 2.81. The fraction of sp³-hybridized carbons (Fsp3) is 0.500. The Balaban J connectivity index is 2.04. The maximum Gasteiger partial charge on any atom is 0.251 e. The van der Waals surface area contributed by atoms with Crippen molar-refractivity contribution in [3.05, 3.63) is 29.8 Å². The van der Waals surface area contributed by atoms with Crippen molar-refractivity contribution in [2.75, 3.05) is 26.0 Å². The summed E-state index contributed by atoms with van der Waals surface area (Å²) in [6.07, 6.45) is 2.03. The molecule has 1 heterocycles. The van der Waals surface area contributed by atoms with Crippen molar-refractivity contribution in [3.8, 4) is 0 Å². The van der Waals surface area contributed by atoms with Gasteiger partial charge in [-0.3, -0.25) is 4.79 Å². The van der Waals surface area contributed by atoms with Gasteiger partial charge in [0.15, 0.2) is 9.84 Å². The van der Waals surface area contributed by atoms with E-state index in [2.05, 4.69) is 5.32 Å². The SMILES string of the molecule is CS(=O)(=O)c1cccc(C(=O)NCC2(O)CCOCC2)c1. The Morgan fingerprint density at radius 3 is 2.67 bits per heavy atom. The van der Waals surface area contributed by atoms with Gasteiger partial charge in [0.2, 0.25) is 0 Å². The van der Waals surface area contributed by atoms with E-state index in [9.17, 15) is 18.3 Å². The summed E-state index contributed by atoms with van der Waals surface area (Å²) >= 11 is 0. The fourth-order valence-electron chi connectivity index (χ4n) is 2.14. The molecule has 0 bridgehead atoms. The normalized spacial score (nSPS) is 18.2. The van der Waals surface area contributed by atoms with Gasteiger partial charge >= 0.3 is 0 Å². The first-order valence-electron chi connectivity index (χ1n) is 6.69. The summed E-state index contributed by atoms with van der Waals surface area (Å²) in [6, 6.07) is 5.84. The number of amides is 1. The number of aliphatic hydroxyl groups is 1. The van der Waals surface area contributed by atoms with Crippen LogP contribution in [0.25, 0.3) is 0 Å². The first-order valence-corrected chi connectivity index (χ1v) is 8.58. The van der Waals surface area contributed by atoms with Gasteiger partial charge in [0, 0.05) is 44.4 Å². The summed E-state index contributed by atoms with van der Waals surface area (Å²) in [6.45, 7) is 1.06. The molecule has 1 saturated heterocycles. The molecule has 6 nitrogen and oxygen atoms in total. The molecule has 1 aliphatic rings. The Morgan fingerprint density at radius 2 is 2.05 bits per heavy atom. The minimum absolute atomic E-state index is 0.0972. The molecule has 1 fully saturated rings. The lowest BCUT2D eigenvalue weighted by Gasteiger charge is -2.32. The van der Waals surface area contributed by atoms with Gasteiger partial charge in [-0.15, -0.1) is 0 Å². The summed E-state index contributed by atoms with van der Waals surface area (Å²) in [7, 11) is -3.35. The van der Waals surface area contributed by atoms with Gasteiger partial charge in [-0.2, -0.15) is 0 Å². The van der Waals surface area contributed by atoms with E-state index in [4.69, 9.17) is 4.74 Å². The van der Waals surface area contributed by atoms with Crippen molar-refractivity contribution >= 4 is 15.7 Å². The molecule has 7 heteroatoms. The molecular formula is C14H19NO5S. The molecule has 2 N–H and O–H groups in total. The number of carbonyl (C=O) groups is 1. The number of hydrogen-bond donors (Lipinski definition) is 2. The quantitative estimate of drug-likeness (QED) is 0.837. The van der Waals surface area contributed by atoms with E-state index >= 15 is 0 Å². The largest absolute Gasteiger partial charge is 0.388 e. The van der Waals surface area contributed by atoms with Crippen molar-refractivity contribution in [2.24, 2.45) is 0 Å². The highest BCUT2D eigenvalue weighted by Crippen LogP contribution is 2.19. The predicted octanol–water partition coefficient (Wildman–Crippen LogP) is 0.361. The van der Waals surface area contributed by atoms with Gasteiger partial charge in [-0.05, 0) is 18.2 Å². The number of benzene rings is 1. The number of nitrogens with one attached hydrogen (secondary N) is 1. The molecule has 0 aromatic heterocycles. The summed E-state index contributed by atoms with van der Waals surface area (Å²) in [5, 5.41) is 12.9. The van der Waals surface area contributed by atoms with Crippen LogP contribution in [0.5, 0.6) is 0 Å². The van der Waals surface area contributed by atoms with Crippen LogP contribution >= 0.6 is 0 Å². The van der Waals surface area contributed by atoms with E-state index in [1.807, 2.05) is 0 Å². The van der Waals surface area contributed by atoms with Crippen molar-refractivity contribution in [1.29, 1.82) is 0 Å². The lowest BCUT2D eigenvalue weighted by atomic mass is 9.94. The van der Waals surface area contributed by atoms with Crippen molar-refractivity contribution in [2.45, 2.75) is 23.3 Å². The van der Waals surface area contributed by atoms with Crippen LogP contribution in [0.2, 0.25) is 0 Å². The standard InChI is InChI=1S/C14H19NO5S/c1-21(18,19)12-4-2-3-11(9-12)13(16)15-10-14(17)5-7-20-8-6-14/h2-4,9,17H,5-8,10H2,1H3,(H,15,16). The van der Waals surface area contributed by atoms with Crippen molar-refractivity contribution in [1.82, 2.24) is 5.32 Å². The Kier molecular flexibility index (Phi) is 4.65. The maximum atomic E-state index is 12.1. The average Bonchev–Trinajstić information content (AvgIpc) is 2.45. The van der Waals surface area contributed by atoms with E-state index < -0.39 is 21.3 Å². The molecule has 0 aliphatic carbocycles. The lowest BCUT2D eigenvalue weighted by Crippen LogP contribution is -2.46. The van der Waals surface area contributed by atoms with Crippen molar-refractivity contribution < 1.29 is 23.1 Å². The van der Waals surface area contributed by atoms with Gasteiger partial charge in [-0.1, -0.05) is 6.07 Å². The molecule has 1 aliphatic heterocycles. The topological polar surface area (TPSA) is 92.7 Å². The third-order valence-corrected chi connectivity index (χ3v) is 4.64. The molecule has 116 valence electrons. The van der Waals surface area contributed by atoms with Crippen LogP contribution in [0.4, 0.5) is 0 Å². The molecular weight excluding hydrogens is 294 g/mol. The molecule has 0 radical (unpaired) electrons. The highest BCUT2D eigenvalue weighted by Gasteiger charge is 2.30. The van der Waals surface area contributed by atoms with E-state index in [1.165, 1.54) is 24.3 Å². The molecule has 0 spiro atoms. The number of ether oxygens (including phenoxy) is 1. The van der Waals surface area contributed by atoms with Crippen LogP contribution in [0.15, 0.2) is 29.2 Å². The van der Waals surface area contributed by atoms with Crippen LogP contribution in [0.3, 0.4) is 0 Å². The summed E-state index contributed by atoms with van der Waals surface area (Å²) < 4.78 is 28.1. The summed E-state index contributed by atoms with van der Waals surface area (Å²) in [5.74, 6) is -0.402. The zero-order chi connectivity index (χ0) is 15.5. The summed E-state index contributed by atoms with van der Waals surface area (Å²) in [4.78, 5) is 12.2. The van der Waals surface area contributed by atoms with E-state index in [0.717, 1.165) is 6.26 Å². The van der Waals surface area contributed by atoms with E-state index in [-0.39, 0.29) is 17.0 Å². The number of hydrogen-bond acceptors (Lipinski definition) is 5. The van der Waals surface area contributed by atoms with Crippen LogP contribution in [-0.4, -0.2) is 51.0 Å². The van der Waals surface area contributed by atoms with Gasteiger partial charge in [-0.25, -0.2) is 8.42 Å². The Labute approximate surface area is 124 Å². The smallest absolute Gasteiger partial charge is 0.251 e. The molecule has 1 aromatic rings. The Hall–Kier alpha value is -1.44. The van der Waals surface area contributed by atoms with Crippen LogP contribution < -0.4 is 5.32 Å². The second kappa shape index (κ2) is 6.13. The summed E-state index contributed by atoms with van der Waals surface area (Å²) in [5.41, 5.74) is -0.698. The molecule has 0 atom stereocenters. The number of rotatable bonds is 4. The van der Waals surface area contributed by atoms with Gasteiger partial charge in [0.1, 0.15) is 0 Å². The number of carbonyl (C=O) groups excluding carboxylic acids is 1. The third-order valence-electron chi connectivity index (χ3n) is 3.53. The molecule has 0 saturated carbocycles. The zero-order valence-corrected chi connectivity index (χ0v) is 12.6. The lowest BCUT2D eigenvalue weighted by molar-refractivity contribution is -0.0605. The molecule has 21 heavy (non-hydrogen) atoms. The second-order valence-electron chi connectivity index (χ2n) is 5.32. The first kappa shape index (κ1) is 15.9. The zero-order valence-electron chi connectivity index (χ0n) is 11.8. The highest BCUT2D eigenvalue weighted by atomic mass is 32.2.